The Bertz CT molecular complexity index is 265. The van der Waals surface area contributed by atoms with Crippen molar-refractivity contribution in [3.05, 3.63) is 0 Å². The highest BCUT2D eigenvalue weighted by Gasteiger charge is 2.18. The molecule has 0 unspecified atom stereocenters. The summed E-state index contributed by atoms with van der Waals surface area (Å²) >= 11 is 3.21. The molecule has 0 fully saturated rings. The molecule has 0 heterocycles. The summed E-state index contributed by atoms with van der Waals surface area (Å²) < 4.78 is 0. The molecular weight excluding hydrogens is 300 g/mol. The smallest absolute Gasteiger partial charge is 0.320 e. The number of thioether (sulfide) groups is 2. The van der Waals surface area contributed by atoms with Crippen LogP contribution in [-0.4, -0.2) is 71.3 Å². The van der Waals surface area contributed by atoms with E-state index in [9.17, 15) is 9.59 Å². The van der Waals surface area contributed by atoms with Gasteiger partial charge in [-0.25, -0.2) is 0 Å². The molecule has 0 aromatic carbocycles. The molecule has 0 amide bonds. The number of rotatable bonds is 13. The first-order valence-corrected chi connectivity index (χ1v) is 9.22. The fourth-order valence-corrected chi connectivity index (χ4v) is 2.53. The van der Waals surface area contributed by atoms with Crippen molar-refractivity contribution < 1.29 is 19.8 Å². The second kappa shape index (κ2) is 12.3. The van der Waals surface area contributed by atoms with E-state index in [1.807, 2.05) is 12.5 Å². The lowest BCUT2D eigenvalue weighted by molar-refractivity contribution is -0.140. The van der Waals surface area contributed by atoms with Crippen LogP contribution in [-0.2, 0) is 9.59 Å². The third kappa shape index (κ3) is 9.46. The monoisotopic (exact) mass is 324 g/mol. The van der Waals surface area contributed by atoms with E-state index in [4.69, 9.17) is 10.2 Å². The minimum absolute atomic E-state index is 0.439. The first-order chi connectivity index (χ1) is 9.52. The van der Waals surface area contributed by atoms with Gasteiger partial charge in [-0.15, -0.1) is 0 Å². The molecule has 2 atom stereocenters. The lowest BCUT2D eigenvalue weighted by Crippen LogP contribution is -2.44. The third-order valence-corrected chi connectivity index (χ3v) is 4.01. The minimum atomic E-state index is -0.865. The van der Waals surface area contributed by atoms with Crippen LogP contribution in [0.2, 0.25) is 0 Å². The molecular formula is C12H24N2O4S2. The van der Waals surface area contributed by atoms with E-state index in [-0.39, 0.29) is 0 Å². The number of hydrogen-bond acceptors (Lipinski definition) is 6. The van der Waals surface area contributed by atoms with Crippen LogP contribution in [0.4, 0.5) is 0 Å². The van der Waals surface area contributed by atoms with Gasteiger partial charge >= 0.3 is 11.9 Å². The van der Waals surface area contributed by atoms with Crippen molar-refractivity contribution in [2.45, 2.75) is 24.9 Å². The average molecular weight is 324 g/mol. The highest BCUT2D eigenvalue weighted by Crippen LogP contribution is 2.02. The van der Waals surface area contributed by atoms with Crippen LogP contribution in [0.5, 0.6) is 0 Å². The maximum atomic E-state index is 11.0. The van der Waals surface area contributed by atoms with E-state index in [1.54, 1.807) is 23.5 Å². The lowest BCUT2D eigenvalue weighted by atomic mass is 10.2. The van der Waals surface area contributed by atoms with Gasteiger partial charge in [-0.2, -0.15) is 23.5 Å². The standard InChI is InChI=1S/C12H24N2O4S2/c1-19-7-3-9(11(15)16)13-5-6-14-10(12(17)18)4-8-20-2/h9-10,13-14H,3-8H2,1-2H3,(H,15,16)(H,17,18)/t9-,10-/m1/s1. The topological polar surface area (TPSA) is 98.7 Å². The molecule has 6 nitrogen and oxygen atoms in total. The van der Waals surface area contributed by atoms with Crippen molar-refractivity contribution in [2.75, 3.05) is 37.1 Å². The second-order valence-electron chi connectivity index (χ2n) is 4.25. The normalized spacial score (nSPS) is 13.9. The van der Waals surface area contributed by atoms with Crippen LogP contribution in [0.25, 0.3) is 0 Å². The average Bonchev–Trinajstić information content (AvgIpc) is 2.40. The van der Waals surface area contributed by atoms with E-state index in [1.165, 1.54) is 0 Å². The van der Waals surface area contributed by atoms with Gasteiger partial charge < -0.3 is 20.8 Å². The molecule has 8 heteroatoms. The highest BCUT2D eigenvalue weighted by atomic mass is 32.2. The second-order valence-corrected chi connectivity index (χ2v) is 6.22. The molecule has 0 aliphatic heterocycles. The summed E-state index contributed by atoms with van der Waals surface area (Å²) in [5.74, 6) is -0.168. The molecule has 0 aliphatic carbocycles. The van der Waals surface area contributed by atoms with Gasteiger partial charge in [0.25, 0.3) is 0 Å². The number of nitrogens with one attached hydrogen (secondary N) is 2. The van der Waals surface area contributed by atoms with Gasteiger partial charge in [0.15, 0.2) is 0 Å². The zero-order chi connectivity index (χ0) is 15.4. The van der Waals surface area contributed by atoms with Crippen molar-refractivity contribution in [2.24, 2.45) is 0 Å². The van der Waals surface area contributed by atoms with Crippen molar-refractivity contribution in [3.63, 3.8) is 0 Å². The summed E-state index contributed by atoms with van der Waals surface area (Å²) in [5, 5.41) is 23.9. The zero-order valence-corrected chi connectivity index (χ0v) is 13.6. The van der Waals surface area contributed by atoms with Gasteiger partial charge in [0.05, 0.1) is 0 Å². The van der Waals surface area contributed by atoms with Gasteiger partial charge in [0.1, 0.15) is 12.1 Å². The fourth-order valence-electron chi connectivity index (χ4n) is 1.59. The van der Waals surface area contributed by atoms with Gasteiger partial charge in [-0.1, -0.05) is 0 Å². The number of carboxylic acid groups (broad SMARTS) is 2. The van der Waals surface area contributed by atoms with E-state index >= 15 is 0 Å². The Morgan fingerprint density at radius 1 is 0.900 bits per heavy atom. The Morgan fingerprint density at radius 3 is 1.50 bits per heavy atom. The Balaban J connectivity index is 3.94. The van der Waals surface area contributed by atoms with Crippen LogP contribution in [0.15, 0.2) is 0 Å². The third-order valence-electron chi connectivity index (χ3n) is 2.72. The number of carbonyl (C=O) groups is 2. The quantitative estimate of drug-likeness (QED) is 0.365. The summed E-state index contributed by atoms with van der Waals surface area (Å²) in [4.78, 5) is 22.0. The van der Waals surface area contributed by atoms with Crippen molar-refractivity contribution >= 4 is 35.5 Å². The van der Waals surface area contributed by atoms with E-state index < -0.39 is 24.0 Å². The van der Waals surface area contributed by atoms with Crippen LogP contribution in [0.1, 0.15) is 12.8 Å². The lowest BCUT2D eigenvalue weighted by Gasteiger charge is -2.17. The SMILES string of the molecule is CSCC[C@@H](NCCN[C@H](CCSC)C(=O)O)C(=O)O. The van der Waals surface area contributed by atoms with Crippen LogP contribution >= 0.6 is 23.5 Å². The maximum Gasteiger partial charge on any atom is 0.320 e. The first kappa shape index (κ1) is 19.6. The van der Waals surface area contributed by atoms with E-state index in [0.717, 1.165) is 11.5 Å². The predicted molar refractivity (Wildman–Crippen MR) is 84.9 cm³/mol. The molecule has 0 aromatic heterocycles. The Labute approximate surface area is 128 Å². The number of carboxylic acids is 2. The first-order valence-electron chi connectivity index (χ1n) is 6.43. The molecule has 0 radical (unpaired) electrons. The van der Waals surface area contributed by atoms with E-state index in [2.05, 4.69) is 10.6 Å². The van der Waals surface area contributed by atoms with Crippen LogP contribution in [0, 0.1) is 0 Å². The molecule has 20 heavy (non-hydrogen) atoms. The molecule has 0 rings (SSSR count). The van der Waals surface area contributed by atoms with Crippen molar-refractivity contribution in [1.82, 2.24) is 10.6 Å². The molecule has 118 valence electrons. The van der Waals surface area contributed by atoms with Crippen LogP contribution in [0.3, 0.4) is 0 Å². The molecule has 0 saturated heterocycles. The molecule has 0 aromatic rings. The highest BCUT2D eigenvalue weighted by molar-refractivity contribution is 7.98. The van der Waals surface area contributed by atoms with Gasteiger partial charge in [0.2, 0.25) is 0 Å². The Hall–Kier alpha value is -0.440. The van der Waals surface area contributed by atoms with Gasteiger partial charge in [-0.3, -0.25) is 9.59 Å². The molecule has 0 bridgehead atoms. The summed E-state index contributed by atoms with van der Waals surface area (Å²) in [6, 6.07) is -1.14. The Kier molecular flexibility index (Phi) is 12.0. The number of aliphatic carboxylic acids is 2. The largest absolute Gasteiger partial charge is 0.480 e. The molecule has 0 aliphatic rings. The van der Waals surface area contributed by atoms with Gasteiger partial charge in [0, 0.05) is 13.1 Å². The Morgan fingerprint density at radius 2 is 1.25 bits per heavy atom. The molecule has 0 spiro atoms. The molecule has 4 N–H and O–H groups in total. The minimum Gasteiger partial charge on any atom is -0.480 e. The number of hydrogen-bond donors (Lipinski definition) is 4. The van der Waals surface area contributed by atoms with Crippen molar-refractivity contribution in [3.8, 4) is 0 Å². The summed E-state index contributed by atoms with van der Waals surface area (Å²) in [6.07, 6.45) is 4.99. The van der Waals surface area contributed by atoms with E-state index in [0.29, 0.717) is 25.9 Å². The van der Waals surface area contributed by atoms with Crippen LogP contribution < -0.4 is 10.6 Å². The fraction of sp³-hybridized carbons (Fsp3) is 0.833. The summed E-state index contributed by atoms with van der Waals surface area (Å²) in [6.45, 7) is 0.878. The molecule has 0 saturated carbocycles. The predicted octanol–water partition coefficient (Wildman–Crippen LogP) is 0.578. The zero-order valence-electron chi connectivity index (χ0n) is 11.9. The maximum absolute atomic E-state index is 11.0. The van der Waals surface area contributed by atoms with Gasteiger partial charge in [-0.05, 0) is 36.9 Å². The summed E-state index contributed by atoms with van der Waals surface area (Å²) in [7, 11) is 0. The summed E-state index contributed by atoms with van der Waals surface area (Å²) in [5.41, 5.74) is 0. The van der Waals surface area contributed by atoms with Crippen molar-refractivity contribution in [1.29, 1.82) is 0 Å².